The number of non-ortho nitro benzene ring substituents is 1. The molecule has 0 aliphatic heterocycles. The van der Waals surface area contributed by atoms with E-state index in [0.717, 1.165) is 5.56 Å². The van der Waals surface area contributed by atoms with Crippen molar-refractivity contribution in [3.05, 3.63) is 39.4 Å². The van der Waals surface area contributed by atoms with Crippen molar-refractivity contribution >= 4 is 5.69 Å². The van der Waals surface area contributed by atoms with E-state index in [1.807, 2.05) is 13.0 Å². The van der Waals surface area contributed by atoms with Gasteiger partial charge in [-0.25, -0.2) is 0 Å². The third kappa shape index (κ3) is 3.41. The molecule has 15 heavy (non-hydrogen) atoms. The lowest BCUT2D eigenvalue weighted by atomic mass is 10.1. The van der Waals surface area contributed by atoms with Crippen LogP contribution in [0.1, 0.15) is 11.1 Å². The van der Waals surface area contributed by atoms with Gasteiger partial charge in [0.05, 0.1) is 11.5 Å². The number of nitro benzene ring substituents is 1. The summed E-state index contributed by atoms with van der Waals surface area (Å²) in [4.78, 5) is 10.2. The molecule has 0 atom stereocenters. The van der Waals surface area contributed by atoms with Crippen LogP contribution in [0.3, 0.4) is 0 Å². The lowest BCUT2D eigenvalue weighted by Crippen LogP contribution is -2.04. The summed E-state index contributed by atoms with van der Waals surface area (Å²) in [5.74, 6) is 5.73. The molecule has 0 spiro atoms. The topological polar surface area (TPSA) is 55.2 Å². The van der Waals surface area contributed by atoms with E-state index >= 15 is 0 Å². The average molecular weight is 204 g/mol. The van der Waals surface area contributed by atoms with Gasteiger partial charge in [-0.05, 0) is 25.6 Å². The van der Waals surface area contributed by atoms with Gasteiger partial charge in [0.1, 0.15) is 0 Å². The van der Waals surface area contributed by atoms with Crippen LogP contribution in [-0.4, -0.2) is 18.5 Å². The van der Waals surface area contributed by atoms with Crippen LogP contribution in [0, 0.1) is 28.9 Å². The number of nitrogens with one attached hydrogen (secondary N) is 1. The largest absolute Gasteiger partial charge is 0.309 e. The molecule has 4 heteroatoms. The van der Waals surface area contributed by atoms with Crippen LogP contribution in [0.15, 0.2) is 18.2 Å². The van der Waals surface area contributed by atoms with E-state index in [2.05, 4.69) is 17.2 Å². The maximum atomic E-state index is 10.6. The molecule has 0 aromatic heterocycles. The standard InChI is InChI=1S/C11H12N2O2/c1-9-6-10(4-3-5-12-2)8-11(7-9)13(14)15/h6-8,12H,5H2,1-2H3. The first kappa shape index (κ1) is 11.2. The van der Waals surface area contributed by atoms with Crippen LogP contribution < -0.4 is 5.32 Å². The van der Waals surface area contributed by atoms with E-state index < -0.39 is 4.92 Å². The van der Waals surface area contributed by atoms with Crippen LogP contribution in [0.25, 0.3) is 0 Å². The summed E-state index contributed by atoms with van der Waals surface area (Å²) in [6, 6.07) is 4.84. The molecule has 1 rings (SSSR count). The molecule has 0 heterocycles. The van der Waals surface area contributed by atoms with E-state index in [9.17, 15) is 10.1 Å². The van der Waals surface area contributed by atoms with Gasteiger partial charge in [-0.3, -0.25) is 10.1 Å². The minimum Gasteiger partial charge on any atom is -0.309 e. The van der Waals surface area contributed by atoms with E-state index in [-0.39, 0.29) is 5.69 Å². The summed E-state index contributed by atoms with van der Waals surface area (Å²) in [5.41, 5.74) is 1.61. The highest BCUT2D eigenvalue weighted by atomic mass is 16.6. The summed E-state index contributed by atoms with van der Waals surface area (Å²) in [5, 5.41) is 13.5. The molecule has 78 valence electrons. The number of aryl methyl sites for hydroxylation is 1. The molecule has 1 aromatic carbocycles. The maximum Gasteiger partial charge on any atom is 0.270 e. The Hall–Kier alpha value is -1.86. The van der Waals surface area contributed by atoms with Gasteiger partial charge in [-0.15, -0.1) is 0 Å². The summed E-state index contributed by atoms with van der Waals surface area (Å²) in [6.45, 7) is 2.39. The Kier molecular flexibility index (Phi) is 3.83. The van der Waals surface area contributed by atoms with Crippen LogP contribution >= 0.6 is 0 Å². The Morgan fingerprint density at radius 2 is 2.20 bits per heavy atom. The van der Waals surface area contributed by atoms with Crippen molar-refractivity contribution in [1.29, 1.82) is 0 Å². The third-order valence-electron chi connectivity index (χ3n) is 1.77. The molecule has 0 unspecified atom stereocenters. The van der Waals surface area contributed by atoms with Gasteiger partial charge in [-0.1, -0.05) is 11.8 Å². The Balaban J connectivity index is 3.00. The second-order valence-electron chi connectivity index (χ2n) is 3.15. The predicted molar refractivity (Wildman–Crippen MR) is 58.6 cm³/mol. The van der Waals surface area contributed by atoms with E-state index in [0.29, 0.717) is 12.1 Å². The molecular formula is C11H12N2O2. The number of nitrogens with zero attached hydrogens (tertiary/aromatic N) is 1. The van der Waals surface area contributed by atoms with E-state index in [1.165, 1.54) is 12.1 Å². The minimum absolute atomic E-state index is 0.0868. The first-order valence-electron chi connectivity index (χ1n) is 4.53. The van der Waals surface area contributed by atoms with Crippen molar-refractivity contribution in [2.75, 3.05) is 13.6 Å². The second-order valence-corrected chi connectivity index (χ2v) is 3.15. The van der Waals surface area contributed by atoms with Crippen LogP contribution in [-0.2, 0) is 0 Å². The Morgan fingerprint density at radius 1 is 1.47 bits per heavy atom. The SMILES string of the molecule is CNCC#Cc1cc(C)cc([N+](=O)[O-])c1. The molecule has 0 saturated carbocycles. The smallest absolute Gasteiger partial charge is 0.270 e. The molecule has 0 saturated heterocycles. The average Bonchev–Trinajstić information content (AvgIpc) is 2.17. The molecule has 0 aliphatic rings. The molecule has 0 amide bonds. The van der Waals surface area contributed by atoms with Crippen molar-refractivity contribution in [3.63, 3.8) is 0 Å². The van der Waals surface area contributed by atoms with Gasteiger partial charge < -0.3 is 5.32 Å². The fourth-order valence-electron chi connectivity index (χ4n) is 1.18. The van der Waals surface area contributed by atoms with Crippen LogP contribution in [0.4, 0.5) is 5.69 Å². The van der Waals surface area contributed by atoms with Gasteiger partial charge in [0, 0.05) is 17.7 Å². The van der Waals surface area contributed by atoms with Crippen molar-refractivity contribution < 1.29 is 4.92 Å². The summed E-state index contributed by atoms with van der Waals surface area (Å²) >= 11 is 0. The Morgan fingerprint density at radius 3 is 2.80 bits per heavy atom. The van der Waals surface area contributed by atoms with Gasteiger partial charge in [0.25, 0.3) is 5.69 Å². The van der Waals surface area contributed by atoms with Crippen molar-refractivity contribution in [1.82, 2.24) is 5.32 Å². The Bertz CT molecular complexity index is 430. The normalized spacial score (nSPS) is 9.20. The monoisotopic (exact) mass is 204 g/mol. The van der Waals surface area contributed by atoms with Crippen LogP contribution in [0.2, 0.25) is 0 Å². The minimum atomic E-state index is -0.406. The highest BCUT2D eigenvalue weighted by molar-refractivity contribution is 5.46. The molecule has 0 bridgehead atoms. The van der Waals surface area contributed by atoms with Gasteiger partial charge in [0.2, 0.25) is 0 Å². The molecular weight excluding hydrogens is 192 g/mol. The molecule has 0 aliphatic carbocycles. The predicted octanol–water partition coefficient (Wildman–Crippen LogP) is 1.47. The van der Waals surface area contributed by atoms with Crippen LogP contribution in [0.5, 0.6) is 0 Å². The van der Waals surface area contributed by atoms with Gasteiger partial charge in [0.15, 0.2) is 0 Å². The lowest BCUT2D eigenvalue weighted by molar-refractivity contribution is -0.384. The molecule has 0 fully saturated rings. The first-order valence-corrected chi connectivity index (χ1v) is 4.53. The quantitative estimate of drug-likeness (QED) is 0.451. The van der Waals surface area contributed by atoms with Gasteiger partial charge >= 0.3 is 0 Å². The zero-order valence-electron chi connectivity index (χ0n) is 8.70. The van der Waals surface area contributed by atoms with Crippen molar-refractivity contribution in [3.8, 4) is 11.8 Å². The number of hydrogen-bond donors (Lipinski definition) is 1. The second kappa shape index (κ2) is 5.13. The number of nitro groups is 1. The zero-order chi connectivity index (χ0) is 11.3. The van der Waals surface area contributed by atoms with E-state index in [1.54, 1.807) is 7.05 Å². The fraction of sp³-hybridized carbons (Fsp3) is 0.273. The first-order chi connectivity index (χ1) is 7.13. The van der Waals surface area contributed by atoms with E-state index in [4.69, 9.17) is 0 Å². The number of hydrogen-bond acceptors (Lipinski definition) is 3. The highest BCUT2D eigenvalue weighted by Gasteiger charge is 2.06. The summed E-state index contributed by atoms with van der Waals surface area (Å²) < 4.78 is 0. The lowest BCUT2D eigenvalue weighted by Gasteiger charge is -1.96. The van der Waals surface area contributed by atoms with Gasteiger partial charge in [-0.2, -0.15) is 0 Å². The molecule has 4 nitrogen and oxygen atoms in total. The molecule has 1 N–H and O–H groups in total. The highest BCUT2D eigenvalue weighted by Crippen LogP contribution is 2.15. The van der Waals surface area contributed by atoms with Crippen molar-refractivity contribution in [2.45, 2.75) is 6.92 Å². The summed E-state index contributed by atoms with van der Waals surface area (Å²) in [7, 11) is 1.80. The Labute approximate surface area is 88.5 Å². The molecule has 0 radical (unpaired) electrons. The number of benzene rings is 1. The third-order valence-corrected chi connectivity index (χ3v) is 1.77. The zero-order valence-corrected chi connectivity index (χ0v) is 8.70. The van der Waals surface area contributed by atoms with Crippen molar-refractivity contribution in [2.24, 2.45) is 0 Å². The maximum absolute atomic E-state index is 10.6. The molecule has 1 aromatic rings. The fourth-order valence-corrected chi connectivity index (χ4v) is 1.18. The number of rotatable bonds is 2. The summed E-state index contributed by atoms with van der Waals surface area (Å²) in [6.07, 6.45) is 0.